The van der Waals surface area contributed by atoms with Crippen molar-refractivity contribution in [3.05, 3.63) is 47.5 Å². The molecule has 0 saturated carbocycles. The number of fused-ring (bicyclic) bond motifs is 1. The number of amides is 2. The third-order valence-electron chi connectivity index (χ3n) is 6.06. The molecule has 24 heavy (non-hydrogen) atoms. The molecule has 3 heteroatoms. The van der Waals surface area contributed by atoms with E-state index in [9.17, 15) is 9.59 Å². The lowest BCUT2D eigenvalue weighted by atomic mass is 9.50. The van der Waals surface area contributed by atoms with Crippen molar-refractivity contribution >= 4 is 11.8 Å². The summed E-state index contributed by atoms with van der Waals surface area (Å²) in [6.07, 6.45) is 3.68. The summed E-state index contributed by atoms with van der Waals surface area (Å²) in [4.78, 5) is 26.6. The van der Waals surface area contributed by atoms with Gasteiger partial charge in [-0.25, -0.2) is 0 Å². The van der Waals surface area contributed by atoms with E-state index < -0.39 is 0 Å². The van der Waals surface area contributed by atoms with Crippen LogP contribution in [0.1, 0.15) is 58.7 Å². The van der Waals surface area contributed by atoms with E-state index in [1.165, 1.54) is 22.6 Å². The molecule has 0 spiro atoms. The normalized spacial score (nSPS) is 23.1. The predicted molar refractivity (Wildman–Crippen MR) is 95.2 cm³/mol. The first kappa shape index (κ1) is 16.9. The van der Waals surface area contributed by atoms with Gasteiger partial charge in [0, 0.05) is 17.6 Å². The second-order valence-corrected chi connectivity index (χ2v) is 9.13. The maximum Gasteiger partial charge on any atom is 0.254 e. The smallest absolute Gasteiger partial charge is 0.254 e. The van der Waals surface area contributed by atoms with Crippen LogP contribution >= 0.6 is 0 Å². The third-order valence-corrected chi connectivity index (χ3v) is 6.06. The molecule has 1 heterocycles. The predicted octanol–water partition coefficient (Wildman–Crippen LogP) is 4.29. The number of nitrogens with zero attached hydrogens (tertiary/aromatic N) is 1. The lowest BCUT2D eigenvalue weighted by Gasteiger charge is -2.56. The Labute approximate surface area is 144 Å². The summed E-state index contributed by atoms with van der Waals surface area (Å²) < 4.78 is 0. The fraction of sp³-hybridized carbons (Fsp3) is 0.524. The van der Waals surface area contributed by atoms with Crippen molar-refractivity contribution in [2.75, 3.05) is 0 Å². The Bertz CT molecular complexity index is 699. The van der Waals surface area contributed by atoms with Crippen molar-refractivity contribution < 1.29 is 9.59 Å². The Morgan fingerprint density at radius 3 is 1.92 bits per heavy atom. The van der Waals surface area contributed by atoms with Gasteiger partial charge in [-0.1, -0.05) is 65.8 Å². The molecule has 0 aromatic heterocycles. The molecule has 1 aliphatic carbocycles. The van der Waals surface area contributed by atoms with Crippen LogP contribution in [0.4, 0.5) is 0 Å². The van der Waals surface area contributed by atoms with Crippen LogP contribution in [0.5, 0.6) is 0 Å². The van der Waals surface area contributed by atoms with E-state index in [1.54, 1.807) is 0 Å². The zero-order valence-corrected chi connectivity index (χ0v) is 15.5. The first-order valence-electron chi connectivity index (χ1n) is 8.64. The molecule has 2 amide bonds. The Kier molecular flexibility index (Phi) is 3.56. The minimum Gasteiger partial charge on any atom is -0.269 e. The maximum absolute atomic E-state index is 12.5. The molecule has 2 aliphatic rings. The lowest BCUT2D eigenvalue weighted by Crippen LogP contribution is -2.55. The van der Waals surface area contributed by atoms with Gasteiger partial charge in [0.1, 0.15) is 0 Å². The molecule has 3 nitrogen and oxygen atoms in total. The molecule has 0 bridgehead atoms. The highest BCUT2D eigenvalue weighted by Gasteiger charge is 2.62. The van der Waals surface area contributed by atoms with Gasteiger partial charge in [-0.3, -0.25) is 14.5 Å². The Morgan fingerprint density at radius 1 is 0.917 bits per heavy atom. The zero-order chi connectivity index (χ0) is 17.9. The van der Waals surface area contributed by atoms with Crippen LogP contribution in [0.25, 0.3) is 0 Å². The van der Waals surface area contributed by atoms with Crippen LogP contribution in [-0.2, 0) is 16.0 Å². The molecular weight excluding hydrogens is 298 g/mol. The average Bonchev–Trinajstić information content (AvgIpc) is 2.96. The van der Waals surface area contributed by atoms with Crippen molar-refractivity contribution in [1.29, 1.82) is 0 Å². The SMILES string of the molecule is CC(C)(C)C1(C(C)(C)C)Cc2ccccc2[C@@H]1N1C(=O)C=CC1=O. The van der Waals surface area contributed by atoms with E-state index in [1.807, 2.05) is 12.1 Å². The summed E-state index contributed by atoms with van der Waals surface area (Å²) in [6.45, 7) is 13.4. The van der Waals surface area contributed by atoms with Gasteiger partial charge in [0.25, 0.3) is 11.8 Å². The van der Waals surface area contributed by atoms with Crippen LogP contribution in [0.2, 0.25) is 0 Å². The van der Waals surface area contributed by atoms with Crippen molar-refractivity contribution in [3.63, 3.8) is 0 Å². The molecule has 1 aromatic rings. The van der Waals surface area contributed by atoms with Crippen LogP contribution in [-0.4, -0.2) is 16.7 Å². The van der Waals surface area contributed by atoms with Crippen molar-refractivity contribution in [2.24, 2.45) is 16.2 Å². The minimum absolute atomic E-state index is 0.0852. The fourth-order valence-corrected chi connectivity index (χ4v) is 5.13. The van der Waals surface area contributed by atoms with Crippen molar-refractivity contribution in [2.45, 2.75) is 54.0 Å². The standard InChI is InChI=1S/C21H27NO2/c1-19(2,3)21(20(4,5)6)13-14-9-7-8-10-15(14)18(21)22-16(23)11-12-17(22)24/h7-12,18H,13H2,1-6H3/t18-/m0/s1. The van der Waals surface area contributed by atoms with Gasteiger partial charge >= 0.3 is 0 Å². The van der Waals surface area contributed by atoms with Gasteiger partial charge < -0.3 is 0 Å². The van der Waals surface area contributed by atoms with Gasteiger partial charge in [-0.2, -0.15) is 0 Å². The topological polar surface area (TPSA) is 37.4 Å². The summed E-state index contributed by atoms with van der Waals surface area (Å²) in [5, 5.41) is 0. The van der Waals surface area contributed by atoms with Crippen LogP contribution in [0, 0.1) is 16.2 Å². The van der Waals surface area contributed by atoms with E-state index in [2.05, 4.69) is 53.7 Å². The number of carbonyl (C=O) groups is 2. The molecule has 0 saturated heterocycles. The Morgan fingerprint density at radius 2 is 1.42 bits per heavy atom. The summed E-state index contributed by atoms with van der Waals surface area (Å²) in [5.74, 6) is -0.390. The molecule has 1 aliphatic heterocycles. The number of hydrogen-bond acceptors (Lipinski definition) is 2. The highest BCUT2D eigenvalue weighted by Crippen LogP contribution is 2.66. The summed E-state index contributed by atoms with van der Waals surface area (Å²) in [6, 6.07) is 8.04. The number of hydrogen-bond donors (Lipinski definition) is 0. The van der Waals surface area contributed by atoms with E-state index >= 15 is 0 Å². The quantitative estimate of drug-likeness (QED) is 0.722. The minimum atomic E-state index is -0.235. The van der Waals surface area contributed by atoms with Gasteiger partial charge in [0.2, 0.25) is 0 Å². The molecule has 1 atom stereocenters. The molecule has 128 valence electrons. The molecule has 1 aromatic carbocycles. The summed E-state index contributed by atoms with van der Waals surface area (Å²) >= 11 is 0. The van der Waals surface area contributed by atoms with Crippen molar-refractivity contribution in [3.8, 4) is 0 Å². The largest absolute Gasteiger partial charge is 0.269 e. The van der Waals surface area contributed by atoms with E-state index in [4.69, 9.17) is 0 Å². The zero-order valence-electron chi connectivity index (χ0n) is 15.5. The van der Waals surface area contributed by atoms with Crippen LogP contribution in [0.15, 0.2) is 36.4 Å². The molecule has 0 fully saturated rings. The molecule has 0 unspecified atom stereocenters. The van der Waals surface area contributed by atoms with E-state index in [0.717, 1.165) is 12.0 Å². The van der Waals surface area contributed by atoms with Gasteiger partial charge in [0.05, 0.1) is 6.04 Å². The number of benzene rings is 1. The number of imide groups is 1. The highest BCUT2D eigenvalue weighted by molar-refractivity contribution is 6.13. The third kappa shape index (κ3) is 2.10. The van der Waals surface area contributed by atoms with Crippen molar-refractivity contribution in [1.82, 2.24) is 4.90 Å². The number of rotatable bonds is 1. The van der Waals surface area contributed by atoms with E-state index in [0.29, 0.717) is 0 Å². The number of carbonyl (C=O) groups excluding carboxylic acids is 2. The van der Waals surface area contributed by atoms with Gasteiger partial charge in [0.15, 0.2) is 0 Å². The summed E-state index contributed by atoms with van der Waals surface area (Å²) in [5.41, 5.74) is 1.96. The fourth-order valence-electron chi connectivity index (χ4n) is 5.13. The van der Waals surface area contributed by atoms with E-state index in [-0.39, 0.29) is 34.1 Å². The maximum atomic E-state index is 12.5. The Hall–Kier alpha value is -1.90. The molecule has 3 rings (SSSR count). The van der Waals surface area contributed by atoms with Crippen LogP contribution < -0.4 is 0 Å². The second kappa shape index (κ2) is 5.05. The molecular formula is C21H27NO2. The van der Waals surface area contributed by atoms with Gasteiger partial charge in [-0.05, 0) is 28.4 Å². The first-order chi connectivity index (χ1) is 11.0. The monoisotopic (exact) mass is 325 g/mol. The first-order valence-corrected chi connectivity index (χ1v) is 8.64. The average molecular weight is 325 g/mol. The Balaban J connectivity index is 2.30. The molecule has 0 radical (unpaired) electrons. The van der Waals surface area contributed by atoms with Gasteiger partial charge in [-0.15, -0.1) is 0 Å². The summed E-state index contributed by atoms with van der Waals surface area (Å²) in [7, 11) is 0. The molecule has 0 N–H and O–H groups in total. The lowest BCUT2D eigenvalue weighted by molar-refractivity contribution is -0.153. The highest BCUT2D eigenvalue weighted by atomic mass is 16.2. The van der Waals surface area contributed by atoms with Crippen LogP contribution in [0.3, 0.4) is 0 Å². The second-order valence-electron chi connectivity index (χ2n) is 9.13.